The number of carbonyl (C=O) groups excluding carboxylic acids is 1. The Morgan fingerprint density at radius 3 is 2.60 bits per heavy atom. The zero-order valence-electron chi connectivity index (χ0n) is 11.3. The van der Waals surface area contributed by atoms with Crippen LogP contribution in [0.15, 0.2) is 42.5 Å². The Morgan fingerprint density at radius 2 is 1.90 bits per heavy atom. The Labute approximate surface area is 123 Å². The third kappa shape index (κ3) is 4.00. The minimum atomic E-state index is -0.0469. The highest BCUT2D eigenvalue weighted by molar-refractivity contribution is 6.33. The number of nitrogen functional groups attached to an aromatic ring is 1. The highest BCUT2D eigenvalue weighted by Crippen LogP contribution is 2.23. The number of amides is 1. The molecular formula is C16H17ClN2O. The van der Waals surface area contributed by atoms with Crippen LogP contribution in [0, 0.1) is 6.92 Å². The number of benzene rings is 2. The first kappa shape index (κ1) is 14.4. The molecule has 2 aromatic rings. The predicted octanol–water partition coefficient (Wildman–Crippen LogP) is 3.80. The fourth-order valence-electron chi connectivity index (χ4n) is 1.89. The van der Waals surface area contributed by atoms with Crippen LogP contribution < -0.4 is 11.1 Å². The lowest BCUT2D eigenvalue weighted by atomic mass is 10.1. The Bertz CT molecular complexity index is 608. The standard InChI is InChI=1S/C16H17ClN2O/c1-11-2-8-14(17)15(10-11)19-16(20)9-5-12-3-6-13(18)7-4-12/h2-4,6-8,10H,5,9,18H2,1H3,(H,19,20). The molecule has 1 amide bonds. The van der Waals surface area contributed by atoms with E-state index in [1.165, 1.54) is 0 Å². The fraction of sp³-hybridized carbons (Fsp3) is 0.188. The van der Waals surface area contributed by atoms with E-state index in [1.807, 2.05) is 43.3 Å². The van der Waals surface area contributed by atoms with Gasteiger partial charge in [-0.05, 0) is 48.7 Å². The molecule has 4 heteroatoms. The van der Waals surface area contributed by atoms with Gasteiger partial charge in [0.05, 0.1) is 10.7 Å². The average molecular weight is 289 g/mol. The molecule has 0 aliphatic heterocycles. The molecule has 0 bridgehead atoms. The van der Waals surface area contributed by atoms with Crippen molar-refractivity contribution in [1.82, 2.24) is 0 Å². The summed E-state index contributed by atoms with van der Waals surface area (Å²) in [6.45, 7) is 1.96. The van der Waals surface area contributed by atoms with Gasteiger partial charge in [0, 0.05) is 12.1 Å². The molecule has 20 heavy (non-hydrogen) atoms. The Morgan fingerprint density at radius 1 is 1.20 bits per heavy atom. The zero-order valence-corrected chi connectivity index (χ0v) is 12.1. The van der Waals surface area contributed by atoms with E-state index in [-0.39, 0.29) is 5.91 Å². The van der Waals surface area contributed by atoms with Crippen molar-refractivity contribution in [3.8, 4) is 0 Å². The quantitative estimate of drug-likeness (QED) is 0.841. The van der Waals surface area contributed by atoms with Gasteiger partial charge >= 0.3 is 0 Å². The van der Waals surface area contributed by atoms with Gasteiger partial charge in [0.25, 0.3) is 0 Å². The number of hydrogen-bond donors (Lipinski definition) is 2. The lowest BCUT2D eigenvalue weighted by Gasteiger charge is -2.08. The van der Waals surface area contributed by atoms with Gasteiger partial charge in [-0.25, -0.2) is 0 Å². The SMILES string of the molecule is Cc1ccc(Cl)c(NC(=O)CCc2ccc(N)cc2)c1. The summed E-state index contributed by atoms with van der Waals surface area (Å²) >= 11 is 6.05. The van der Waals surface area contributed by atoms with Crippen LogP contribution in [-0.4, -0.2) is 5.91 Å². The molecule has 0 aliphatic rings. The molecular weight excluding hydrogens is 272 g/mol. The van der Waals surface area contributed by atoms with Crippen molar-refractivity contribution in [3.05, 3.63) is 58.6 Å². The third-order valence-electron chi connectivity index (χ3n) is 3.02. The van der Waals surface area contributed by atoms with E-state index < -0.39 is 0 Å². The monoisotopic (exact) mass is 288 g/mol. The first-order valence-electron chi connectivity index (χ1n) is 6.45. The predicted molar refractivity (Wildman–Crippen MR) is 84.0 cm³/mol. The number of halogens is 1. The number of rotatable bonds is 4. The summed E-state index contributed by atoms with van der Waals surface area (Å²) in [5, 5.41) is 3.39. The summed E-state index contributed by atoms with van der Waals surface area (Å²) in [6, 6.07) is 13.1. The summed E-state index contributed by atoms with van der Waals surface area (Å²) in [5.74, 6) is -0.0469. The molecule has 0 unspecified atom stereocenters. The van der Waals surface area contributed by atoms with Gasteiger partial charge in [-0.3, -0.25) is 4.79 Å². The van der Waals surface area contributed by atoms with E-state index in [1.54, 1.807) is 6.07 Å². The minimum Gasteiger partial charge on any atom is -0.399 e. The highest BCUT2D eigenvalue weighted by Gasteiger charge is 2.06. The summed E-state index contributed by atoms with van der Waals surface area (Å²) in [7, 11) is 0. The normalized spacial score (nSPS) is 10.3. The summed E-state index contributed by atoms with van der Waals surface area (Å²) in [4.78, 5) is 11.9. The zero-order chi connectivity index (χ0) is 14.5. The molecule has 2 aromatic carbocycles. The van der Waals surface area contributed by atoms with Crippen molar-refractivity contribution in [2.75, 3.05) is 11.1 Å². The van der Waals surface area contributed by atoms with Crippen molar-refractivity contribution in [3.63, 3.8) is 0 Å². The second kappa shape index (κ2) is 6.44. The minimum absolute atomic E-state index is 0.0469. The summed E-state index contributed by atoms with van der Waals surface area (Å²) in [5.41, 5.74) is 9.16. The molecule has 0 heterocycles. The number of aryl methyl sites for hydroxylation is 2. The molecule has 104 valence electrons. The van der Waals surface area contributed by atoms with Gasteiger partial charge in [0.2, 0.25) is 5.91 Å². The van der Waals surface area contributed by atoms with Crippen molar-refractivity contribution in [1.29, 1.82) is 0 Å². The van der Waals surface area contributed by atoms with Crippen molar-refractivity contribution in [2.24, 2.45) is 0 Å². The van der Waals surface area contributed by atoms with Gasteiger partial charge in [-0.1, -0.05) is 29.8 Å². The van der Waals surface area contributed by atoms with Crippen LogP contribution in [0.4, 0.5) is 11.4 Å². The topological polar surface area (TPSA) is 55.1 Å². The molecule has 0 saturated heterocycles. The van der Waals surface area contributed by atoms with E-state index in [4.69, 9.17) is 17.3 Å². The highest BCUT2D eigenvalue weighted by atomic mass is 35.5. The Kier molecular flexibility index (Phi) is 4.64. The number of carbonyl (C=O) groups is 1. The maximum absolute atomic E-state index is 11.9. The van der Waals surface area contributed by atoms with E-state index in [0.717, 1.165) is 16.8 Å². The second-order valence-corrected chi connectivity index (χ2v) is 5.18. The van der Waals surface area contributed by atoms with Gasteiger partial charge in [0.1, 0.15) is 0 Å². The summed E-state index contributed by atoms with van der Waals surface area (Å²) < 4.78 is 0. The van der Waals surface area contributed by atoms with Gasteiger partial charge < -0.3 is 11.1 Å². The van der Waals surface area contributed by atoms with E-state index in [9.17, 15) is 4.79 Å². The van der Waals surface area contributed by atoms with E-state index >= 15 is 0 Å². The van der Waals surface area contributed by atoms with Crippen molar-refractivity contribution < 1.29 is 4.79 Å². The van der Waals surface area contributed by atoms with Crippen LogP contribution in [-0.2, 0) is 11.2 Å². The number of nitrogens with one attached hydrogen (secondary N) is 1. The molecule has 3 nitrogen and oxygen atoms in total. The third-order valence-corrected chi connectivity index (χ3v) is 3.35. The largest absolute Gasteiger partial charge is 0.399 e. The van der Waals surface area contributed by atoms with Crippen molar-refractivity contribution in [2.45, 2.75) is 19.8 Å². The fourth-order valence-corrected chi connectivity index (χ4v) is 2.05. The van der Waals surface area contributed by atoms with E-state index in [2.05, 4.69) is 5.32 Å². The lowest BCUT2D eigenvalue weighted by Crippen LogP contribution is -2.12. The first-order valence-corrected chi connectivity index (χ1v) is 6.83. The van der Waals surface area contributed by atoms with Crippen LogP contribution in [0.25, 0.3) is 0 Å². The second-order valence-electron chi connectivity index (χ2n) is 4.77. The molecule has 0 aliphatic carbocycles. The Balaban J connectivity index is 1.92. The smallest absolute Gasteiger partial charge is 0.224 e. The maximum Gasteiger partial charge on any atom is 0.224 e. The van der Waals surface area contributed by atoms with Crippen molar-refractivity contribution >= 4 is 28.9 Å². The van der Waals surface area contributed by atoms with Gasteiger partial charge in [-0.2, -0.15) is 0 Å². The molecule has 0 radical (unpaired) electrons. The number of hydrogen-bond acceptors (Lipinski definition) is 2. The van der Waals surface area contributed by atoms with Gasteiger partial charge in [-0.15, -0.1) is 0 Å². The Hall–Kier alpha value is -2.00. The van der Waals surface area contributed by atoms with Crippen LogP contribution in [0.1, 0.15) is 17.5 Å². The maximum atomic E-state index is 11.9. The van der Waals surface area contributed by atoms with E-state index in [0.29, 0.717) is 23.6 Å². The van der Waals surface area contributed by atoms with Crippen LogP contribution in [0.5, 0.6) is 0 Å². The molecule has 0 atom stereocenters. The molecule has 0 fully saturated rings. The average Bonchev–Trinajstić information content (AvgIpc) is 2.42. The molecule has 0 aromatic heterocycles. The molecule has 0 saturated carbocycles. The summed E-state index contributed by atoms with van der Waals surface area (Å²) in [6.07, 6.45) is 1.09. The van der Waals surface area contributed by atoms with Crippen LogP contribution in [0.3, 0.4) is 0 Å². The van der Waals surface area contributed by atoms with Crippen LogP contribution in [0.2, 0.25) is 5.02 Å². The number of nitrogens with two attached hydrogens (primary N) is 1. The molecule has 2 rings (SSSR count). The van der Waals surface area contributed by atoms with Crippen LogP contribution >= 0.6 is 11.6 Å². The van der Waals surface area contributed by atoms with Gasteiger partial charge in [0.15, 0.2) is 0 Å². The first-order chi connectivity index (χ1) is 9.54. The molecule has 3 N–H and O–H groups in total. The molecule has 0 spiro atoms. The lowest BCUT2D eigenvalue weighted by molar-refractivity contribution is -0.116. The number of anilines is 2.